The van der Waals surface area contributed by atoms with Gasteiger partial charge in [-0.05, 0) is 44.2 Å². The third-order valence-electron chi connectivity index (χ3n) is 3.81. The van der Waals surface area contributed by atoms with Crippen LogP contribution in [0.1, 0.15) is 36.3 Å². The smallest absolute Gasteiger partial charge is 0.270 e. The number of ether oxygens (including phenoxy) is 1. The van der Waals surface area contributed by atoms with E-state index in [0.29, 0.717) is 11.3 Å². The molecule has 0 saturated carbocycles. The Hall–Kier alpha value is -3.13. The molecule has 0 bridgehead atoms. The van der Waals surface area contributed by atoms with E-state index in [2.05, 4.69) is 15.3 Å². The lowest BCUT2D eigenvalue weighted by molar-refractivity contribution is 0.0692. The summed E-state index contributed by atoms with van der Waals surface area (Å²) < 4.78 is 30.7. The number of nitrogens with zero attached hydrogens (tertiary/aromatic N) is 2. The molecule has 1 amide bonds. The molecule has 8 heteroatoms. The summed E-state index contributed by atoms with van der Waals surface area (Å²) in [5.74, 6) is 0.276. The Bertz CT molecular complexity index is 986. The number of carbonyl (C=O) groups excluding carboxylic acids is 1. The van der Waals surface area contributed by atoms with Crippen molar-refractivity contribution in [1.29, 1.82) is 0 Å². The number of hydrogen-bond donors (Lipinski definition) is 2. The Kier molecular flexibility index (Phi) is 5.51. The Morgan fingerprint density at radius 3 is 2.64 bits per heavy atom. The summed E-state index contributed by atoms with van der Waals surface area (Å²) in [6, 6.07) is 11.0. The molecule has 0 unspecified atom stereocenters. The van der Waals surface area contributed by atoms with Crippen LogP contribution in [0.25, 0.3) is 10.9 Å². The summed E-state index contributed by atoms with van der Waals surface area (Å²) in [7, 11) is 0. The van der Waals surface area contributed by atoms with E-state index < -0.39 is 12.0 Å². The van der Waals surface area contributed by atoms with Gasteiger partial charge in [0.1, 0.15) is 11.4 Å². The van der Waals surface area contributed by atoms with Crippen LogP contribution < -0.4 is 10.1 Å². The number of carbonyl (C=O) groups is 1. The molecule has 2 heterocycles. The highest BCUT2D eigenvalue weighted by atomic mass is 19.3. The topological polar surface area (TPSA) is 84.3 Å². The van der Waals surface area contributed by atoms with Gasteiger partial charge in [0.15, 0.2) is 0 Å². The van der Waals surface area contributed by atoms with Crippen LogP contribution in [0.3, 0.4) is 0 Å². The van der Waals surface area contributed by atoms with Gasteiger partial charge in [0.05, 0.1) is 11.1 Å². The van der Waals surface area contributed by atoms with Crippen LogP contribution in [-0.4, -0.2) is 33.1 Å². The van der Waals surface area contributed by atoms with Crippen LogP contribution in [-0.2, 0) is 0 Å². The van der Waals surface area contributed by atoms with Crippen LogP contribution in [0.5, 0.6) is 11.6 Å². The number of benzene rings is 1. The molecule has 0 saturated heterocycles. The largest absolute Gasteiger partial charge is 0.439 e. The van der Waals surface area contributed by atoms with Crippen molar-refractivity contribution in [2.75, 3.05) is 6.54 Å². The normalized spacial score (nSPS) is 11.6. The number of rotatable bonds is 6. The monoisotopic (exact) mass is 387 g/mol. The zero-order chi connectivity index (χ0) is 20.3. The molecule has 6 nitrogen and oxygen atoms in total. The van der Waals surface area contributed by atoms with Gasteiger partial charge in [0.25, 0.3) is 12.3 Å². The molecule has 0 aliphatic heterocycles. The molecule has 3 rings (SSSR count). The van der Waals surface area contributed by atoms with Gasteiger partial charge in [-0.1, -0.05) is 6.07 Å². The molecule has 0 spiro atoms. The van der Waals surface area contributed by atoms with E-state index in [1.54, 1.807) is 44.2 Å². The fourth-order valence-electron chi connectivity index (χ4n) is 2.38. The predicted octanol–water partition coefficient (Wildman–Crippen LogP) is 3.86. The van der Waals surface area contributed by atoms with E-state index in [4.69, 9.17) is 4.74 Å². The van der Waals surface area contributed by atoms with Crippen molar-refractivity contribution in [3.8, 4) is 11.6 Å². The molecule has 146 valence electrons. The minimum absolute atomic E-state index is 0.107. The van der Waals surface area contributed by atoms with Gasteiger partial charge in [0.2, 0.25) is 5.88 Å². The summed E-state index contributed by atoms with van der Waals surface area (Å²) in [5, 5.41) is 13.0. The Balaban J connectivity index is 1.74. The lowest BCUT2D eigenvalue weighted by atomic mass is 10.1. The first-order chi connectivity index (χ1) is 13.2. The van der Waals surface area contributed by atoms with Crippen LogP contribution in [0.15, 0.2) is 48.7 Å². The van der Waals surface area contributed by atoms with Crippen LogP contribution in [0.2, 0.25) is 0 Å². The first-order valence-corrected chi connectivity index (χ1v) is 8.55. The number of fused-ring (bicyclic) bond motifs is 1. The van der Waals surface area contributed by atoms with Gasteiger partial charge >= 0.3 is 0 Å². The Labute approximate surface area is 160 Å². The van der Waals surface area contributed by atoms with E-state index in [1.165, 1.54) is 12.1 Å². The molecule has 2 N–H and O–H groups in total. The van der Waals surface area contributed by atoms with Gasteiger partial charge < -0.3 is 15.2 Å². The van der Waals surface area contributed by atoms with Crippen LogP contribution in [0, 0.1) is 0 Å². The number of aliphatic hydroxyl groups is 1. The second kappa shape index (κ2) is 7.85. The van der Waals surface area contributed by atoms with Crippen molar-refractivity contribution in [1.82, 2.24) is 15.3 Å². The van der Waals surface area contributed by atoms with Crippen molar-refractivity contribution in [3.63, 3.8) is 0 Å². The van der Waals surface area contributed by atoms with Crippen molar-refractivity contribution >= 4 is 16.8 Å². The maximum Gasteiger partial charge on any atom is 0.270 e. The zero-order valence-corrected chi connectivity index (χ0v) is 15.3. The van der Waals surface area contributed by atoms with Gasteiger partial charge in [-0.3, -0.25) is 4.79 Å². The summed E-state index contributed by atoms with van der Waals surface area (Å²) >= 11 is 0. The lowest BCUT2D eigenvalue weighted by Gasteiger charge is -2.17. The number of aromatic nitrogens is 2. The average molecular weight is 387 g/mol. The van der Waals surface area contributed by atoms with E-state index in [-0.39, 0.29) is 29.6 Å². The maximum absolute atomic E-state index is 12.6. The maximum atomic E-state index is 12.6. The third kappa shape index (κ3) is 4.98. The summed E-state index contributed by atoms with van der Waals surface area (Å²) in [6.45, 7) is 3.30. The first kappa shape index (κ1) is 19.6. The number of hydrogen-bond acceptors (Lipinski definition) is 5. The first-order valence-electron chi connectivity index (χ1n) is 8.55. The molecule has 0 atom stereocenters. The Morgan fingerprint density at radius 2 is 2.00 bits per heavy atom. The van der Waals surface area contributed by atoms with Crippen molar-refractivity contribution < 1.29 is 23.4 Å². The number of amides is 1. The number of nitrogens with one attached hydrogen (secondary N) is 1. The average Bonchev–Trinajstić information content (AvgIpc) is 2.65. The minimum atomic E-state index is -2.58. The van der Waals surface area contributed by atoms with Crippen molar-refractivity contribution in [2.45, 2.75) is 25.9 Å². The quantitative estimate of drug-likeness (QED) is 0.671. The number of alkyl halides is 2. The molecule has 0 aliphatic rings. The molecule has 0 aliphatic carbocycles. The number of halogens is 2. The second-order valence-electron chi connectivity index (χ2n) is 6.88. The lowest BCUT2D eigenvalue weighted by Crippen LogP contribution is -2.38. The van der Waals surface area contributed by atoms with Gasteiger partial charge in [-0.2, -0.15) is 0 Å². The SMILES string of the molecule is CC(C)(O)CNC(=O)c1ccc2cc(Oc3ccc(C(F)F)cn3)ccc2n1. The molecular weight excluding hydrogens is 368 g/mol. The van der Waals surface area contributed by atoms with Crippen LogP contribution >= 0.6 is 0 Å². The summed E-state index contributed by atoms with van der Waals surface area (Å²) in [6.07, 6.45) is -1.51. The van der Waals surface area contributed by atoms with E-state index >= 15 is 0 Å². The minimum Gasteiger partial charge on any atom is -0.439 e. The summed E-state index contributed by atoms with van der Waals surface area (Å²) in [4.78, 5) is 20.3. The highest BCUT2D eigenvalue weighted by molar-refractivity contribution is 5.95. The van der Waals surface area contributed by atoms with Crippen molar-refractivity contribution in [3.05, 3.63) is 59.9 Å². The molecule has 28 heavy (non-hydrogen) atoms. The third-order valence-corrected chi connectivity index (χ3v) is 3.81. The van der Waals surface area contributed by atoms with Gasteiger partial charge in [0, 0.05) is 29.8 Å². The molecule has 0 radical (unpaired) electrons. The standard InChI is InChI=1S/C20H19F2N3O3/c1-20(2,27)11-24-19(26)16-6-3-12-9-14(5-7-15(12)25-16)28-17-8-4-13(10-23-17)18(21)22/h3-10,18,27H,11H2,1-2H3,(H,24,26). The van der Waals surface area contributed by atoms with Gasteiger partial charge in [-0.15, -0.1) is 0 Å². The van der Waals surface area contributed by atoms with E-state index in [0.717, 1.165) is 11.6 Å². The molecule has 1 aromatic carbocycles. The highest BCUT2D eigenvalue weighted by Crippen LogP contribution is 2.25. The fourth-order valence-corrected chi connectivity index (χ4v) is 2.38. The molecule has 0 fully saturated rings. The van der Waals surface area contributed by atoms with E-state index in [9.17, 15) is 18.7 Å². The second-order valence-corrected chi connectivity index (χ2v) is 6.88. The summed E-state index contributed by atoms with van der Waals surface area (Å²) in [5.41, 5.74) is -0.371. The van der Waals surface area contributed by atoms with Crippen molar-refractivity contribution in [2.24, 2.45) is 0 Å². The zero-order valence-electron chi connectivity index (χ0n) is 15.3. The highest BCUT2D eigenvalue weighted by Gasteiger charge is 2.16. The molecular formula is C20H19F2N3O3. The van der Waals surface area contributed by atoms with E-state index in [1.807, 2.05) is 0 Å². The molecule has 3 aromatic rings. The Morgan fingerprint density at radius 1 is 1.21 bits per heavy atom. The van der Waals surface area contributed by atoms with Crippen LogP contribution in [0.4, 0.5) is 8.78 Å². The predicted molar refractivity (Wildman–Crippen MR) is 99.6 cm³/mol. The van der Waals surface area contributed by atoms with Gasteiger partial charge in [-0.25, -0.2) is 18.7 Å². The fraction of sp³-hybridized carbons (Fsp3) is 0.250. The number of pyridine rings is 2. The molecule has 2 aromatic heterocycles.